The molecule has 2 aromatic carbocycles. The number of nitrogens with zero attached hydrogens (tertiary/aromatic N) is 1. The molecule has 8 heteroatoms. The number of amides is 1. The standard InChI is InChI=1S/C23H24N2O6/c26-22(18-4-2-1-3-5-18)24-19(14-17-6-7-20-21(15-17)31-16-30-20)23(27)29-13-10-25-8-11-28-12-9-25/h1-7,14-15H,8-13,16H2,(H,24,26)/b19-14-. The second kappa shape index (κ2) is 10.1. The summed E-state index contributed by atoms with van der Waals surface area (Å²) in [4.78, 5) is 27.6. The van der Waals surface area contributed by atoms with Crippen LogP contribution in [0, 0.1) is 0 Å². The molecule has 0 aliphatic carbocycles. The second-order valence-corrected chi connectivity index (χ2v) is 7.08. The molecule has 0 radical (unpaired) electrons. The van der Waals surface area contributed by atoms with Gasteiger partial charge in [0, 0.05) is 25.2 Å². The Kier molecular flexibility index (Phi) is 6.81. The molecule has 1 fully saturated rings. The van der Waals surface area contributed by atoms with E-state index in [1.54, 1.807) is 48.5 Å². The van der Waals surface area contributed by atoms with E-state index in [0.29, 0.717) is 42.4 Å². The molecular weight excluding hydrogens is 400 g/mol. The highest BCUT2D eigenvalue weighted by Crippen LogP contribution is 2.33. The van der Waals surface area contributed by atoms with Crippen molar-refractivity contribution < 1.29 is 28.5 Å². The van der Waals surface area contributed by atoms with Gasteiger partial charge in [0.25, 0.3) is 5.91 Å². The monoisotopic (exact) mass is 424 g/mol. The molecule has 0 unspecified atom stereocenters. The van der Waals surface area contributed by atoms with Crippen molar-refractivity contribution in [3.63, 3.8) is 0 Å². The van der Waals surface area contributed by atoms with Crippen LogP contribution >= 0.6 is 0 Å². The summed E-state index contributed by atoms with van der Waals surface area (Å²) >= 11 is 0. The lowest BCUT2D eigenvalue weighted by atomic mass is 10.1. The Labute approximate surface area is 180 Å². The third-order valence-corrected chi connectivity index (χ3v) is 4.96. The summed E-state index contributed by atoms with van der Waals surface area (Å²) in [6, 6.07) is 14.0. The molecule has 0 bridgehead atoms. The first kappa shape index (κ1) is 20.9. The summed E-state index contributed by atoms with van der Waals surface area (Å²) < 4.78 is 21.5. The van der Waals surface area contributed by atoms with Crippen molar-refractivity contribution in [2.24, 2.45) is 0 Å². The molecule has 2 aromatic rings. The SMILES string of the molecule is O=C(OCCN1CCOCC1)/C(=C/c1ccc2c(c1)OCO2)NC(=O)c1ccccc1. The Morgan fingerprint density at radius 2 is 1.81 bits per heavy atom. The Hall–Kier alpha value is -3.36. The second-order valence-electron chi connectivity index (χ2n) is 7.08. The van der Waals surface area contributed by atoms with E-state index in [1.165, 1.54) is 0 Å². The number of carbonyl (C=O) groups is 2. The van der Waals surface area contributed by atoms with Gasteiger partial charge in [-0.05, 0) is 35.9 Å². The first-order valence-electron chi connectivity index (χ1n) is 10.1. The molecule has 162 valence electrons. The van der Waals surface area contributed by atoms with E-state index in [0.717, 1.165) is 13.1 Å². The van der Waals surface area contributed by atoms with Crippen molar-refractivity contribution in [2.45, 2.75) is 0 Å². The molecule has 2 aliphatic heterocycles. The summed E-state index contributed by atoms with van der Waals surface area (Å²) in [6.45, 7) is 3.96. The zero-order valence-corrected chi connectivity index (χ0v) is 17.0. The first-order valence-corrected chi connectivity index (χ1v) is 10.1. The van der Waals surface area contributed by atoms with Crippen LogP contribution in [0.5, 0.6) is 11.5 Å². The van der Waals surface area contributed by atoms with Gasteiger partial charge < -0.3 is 24.3 Å². The molecule has 0 aromatic heterocycles. The highest BCUT2D eigenvalue weighted by molar-refractivity contribution is 6.03. The summed E-state index contributed by atoms with van der Waals surface area (Å²) in [6.07, 6.45) is 1.57. The summed E-state index contributed by atoms with van der Waals surface area (Å²) in [5.41, 5.74) is 1.17. The fraction of sp³-hybridized carbons (Fsp3) is 0.304. The molecular formula is C23H24N2O6. The van der Waals surface area contributed by atoms with Crippen molar-refractivity contribution in [2.75, 3.05) is 46.2 Å². The van der Waals surface area contributed by atoms with Crippen LogP contribution in [-0.2, 0) is 14.3 Å². The van der Waals surface area contributed by atoms with Gasteiger partial charge in [0.1, 0.15) is 12.3 Å². The Morgan fingerprint density at radius 3 is 2.61 bits per heavy atom. The van der Waals surface area contributed by atoms with Gasteiger partial charge in [0.2, 0.25) is 6.79 Å². The van der Waals surface area contributed by atoms with E-state index in [4.69, 9.17) is 18.9 Å². The smallest absolute Gasteiger partial charge is 0.354 e. The maximum atomic E-state index is 12.8. The van der Waals surface area contributed by atoms with Gasteiger partial charge in [-0.15, -0.1) is 0 Å². The minimum Gasteiger partial charge on any atom is -0.460 e. The van der Waals surface area contributed by atoms with Crippen LogP contribution in [0.25, 0.3) is 6.08 Å². The van der Waals surface area contributed by atoms with E-state index in [-0.39, 0.29) is 19.1 Å². The Balaban J connectivity index is 1.47. The third kappa shape index (κ3) is 5.62. The van der Waals surface area contributed by atoms with Crippen molar-refractivity contribution in [3.8, 4) is 11.5 Å². The van der Waals surface area contributed by atoms with Crippen LogP contribution < -0.4 is 14.8 Å². The van der Waals surface area contributed by atoms with E-state index < -0.39 is 11.9 Å². The van der Waals surface area contributed by atoms with E-state index in [2.05, 4.69) is 10.2 Å². The normalized spacial score (nSPS) is 16.1. The Morgan fingerprint density at radius 1 is 1.03 bits per heavy atom. The largest absolute Gasteiger partial charge is 0.460 e. The van der Waals surface area contributed by atoms with Gasteiger partial charge in [-0.2, -0.15) is 0 Å². The number of hydrogen-bond donors (Lipinski definition) is 1. The molecule has 8 nitrogen and oxygen atoms in total. The minimum absolute atomic E-state index is 0.0506. The van der Waals surface area contributed by atoms with Crippen molar-refractivity contribution in [1.82, 2.24) is 10.2 Å². The van der Waals surface area contributed by atoms with Crippen LogP contribution in [0.15, 0.2) is 54.2 Å². The molecule has 31 heavy (non-hydrogen) atoms. The molecule has 2 aliphatic rings. The quantitative estimate of drug-likeness (QED) is 0.538. The molecule has 1 N–H and O–H groups in total. The highest BCUT2D eigenvalue weighted by atomic mass is 16.7. The first-order chi connectivity index (χ1) is 15.2. The molecule has 1 saturated heterocycles. The maximum Gasteiger partial charge on any atom is 0.354 e. The number of fused-ring (bicyclic) bond motifs is 1. The van der Waals surface area contributed by atoms with Crippen LogP contribution in [0.3, 0.4) is 0 Å². The van der Waals surface area contributed by atoms with Gasteiger partial charge in [-0.3, -0.25) is 9.69 Å². The number of nitrogens with one attached hydrogen (secondary N) is 1. The van der Waals surface area contributed by atoms with E-state index >= 15 is 0 Å². The fourth-order valence-corrected chi connectivity index (χ4v) is 3.27. The van der Waals surface area contributed by atoms with E-state index in [1.807, 2.05) is 6.07 Å². The van der Waals surface area contributed by atoms with Gasteiger partial charge in [-0.1, -0.05) is 24.3 Å². The number of hydrogen-bond acceptors (Lipinski definition) is 7. The maximum absolute atomic E-state index is 12.8. The average Bonchev–Trinajstić information content (AvgIpc) is 3.28. The summed E-state index contributed by atoms with van der Waals surface area (Å²) in [5.74, 6) is 0.233. The van der Waals surface area contributed by atoms with Gasteiger partial charge in [0.15, 0.2) is 11.5 Å². The number of morpholine rings is 1. The molecule has 2 heterocycles. The number of benzene rings is 2. The van der Waals surface area contributed by atoms with Crippen LogP contribution in [0.4, 0.5) is 0 Å². The van der Waals surface area contributed by atoms with Crippen molar-refractivity contribution >= 4 is 18.0 Å². The van der Waals surface area contributed by atoms with E-state index in [9.17, 15) is 9.59 Å². The minimum atomic E-state index is -0.602. The number of carbonyl (C=O) groups excluding carboxylic acids is 2. The van der Waals surface area contributed by atoms with Crippen LogP contribution in [0.2, 0.25) is 0 Å². The predicted octanol–water partition coefficient (Wildman–Crippen LogP) is 2.06. The lowest BCUT2D eigenvalue weighted by Crippen LogP contribution is -2.39. The third-order valence-electron chi connectivity index (χ3n) is 4.96. The fourth-order valence-electron chi connectivity index (χ4n) is 3.27. The van der Waals surface area contributed by atoms with Crippen LogP contribution in [-0.4, -0.2) is 63.0 Å². The zero-order chi connectivity index (χ0) is 21.5. The molecule has 0 saturated carbocycles. The molecule has 4 rings (SSSR count). The number of ether oxygens (including phenoxy) is 4. The summed E-state index contributed by atoms with van der Waals surface area (Å²) in [5, 5.41) is 2.68. The average molecular weight is 424 g/mol. The number of esters is 1. The molecule has 0 atom stereocenters. The van der Waals surface area contributed by atoms with Crippen molar-refractivity contribution in [3.05, 3.63) is 65.4 Å². The van der Waals surface area contributed by atoms with Gasteiger partial charge >= 0.3 is 5.97 Å². The van der Waals surface area contributed by atoms with Gasteiger partial charge in [0.05, 0.1) is 13.2 Å². The number of rotatable bonds is 7. The van der Waals surface area contributed by atoms with Gasteiger partial charge in [-0.25, -0.2) is 4.79 Å². The molecule has 0 spiro atoms. The van der Waals surface area contributed by atoms with Crippen LogP contribution in [0.1, 0.15) is 15.9 Å². The summed E-state index contributed by atoms with van der Waals surface area (Å²) in [7, 11) is 0. The zero-order valence-electron chi connectivity index (χ0n) is 17.0. The lowest BCUT2D eigenvalue weighted by molar-refractivity contribution is -0.140. The highest BCUT2D eigenvalue weighted by Gasteiger charge is 2.19. The topological polar surface area (TPSA) is 86.3 Å². The van der Waals surface area contributed by atoms with Crippen molar-refractivity contribution in [1.29, 1.82) is 0 Å². The predicted molar refractivity (Wildman–Crippen MR) is 113 cm³/mol. The Bertz CT molecular complexity index is 954. The lowest BCUT2D eigenvalue weighted by Gasteiger charge is -2.26. The molecule has 1 amide bonds.